The summed E-state index contributed by atoms with van der Waals surface area (Å²) in [5, 5.41) is 19.4. The van der Waals surface area contributed by atoms with Crippen molar-refractivity contribution in [3.05, 3.63) is 36.2 Å². The summed E-state index contributed by atoms with van der Waals surface area (Å²) in [6, 6.07) is 5.05. The topological polar surface area (TPSA) is 139 Å². The van der Waals surface area contributed by atoms with Crippen LogP contribution in [0.5, 0.6) is 0 Å². The molecule has 1 saturated heterocycles. The summed E-state index contributed by atoms with van der Waals surface area (Å²) in [7, 11) is -3.74. The van der Waals surface area contributed by atoms with E-state index < -0.39 is 16.0 Å². The van der Waals surface area contributed by atoms with Gasteiger partial charge in [0.05, 0.1) is 10.5 Å². The summed E-state index contributed by atoms with van der Waals surface area (Å²) in [5.74, 6) is -1.32. The molecule has 12 heteroatoms. The Balaban J connectivity index is 1.63. The SMILES string of the molecule is O=C(O)c1ccc(S(=O)(=O)N2CCN(C(=O)Cn3cnnn3)CC2)cc1. The number of carbonyl (C=O) groups is 2. The van der Waals surface area contributed by atoms with Crippen molar-refractivity contribution in [2.45, 2.75) is 11.4 Å². The summed E-state index contributed by atoms with van der Waals surface area (Å²) in [5.41, 5.74) is 0.0157. The highest BCUT2D eigenvalue weighted by Gasteiger charge is 2.30. The van der Waals surface area contributed by atoms with E-state index >= 15 is 0 Å². The number of tetrazole rings is 1. The van der Waals surface area contributed by atoms with Crippen molar-refractivity contribution >= 4 is 21.9 Å². The van der Waals surface area contributed by atoms with E-state index in [0.717, 1.165) is 0 Å². The third-order valence-corrected chi connectivity index (χ3v) is 5.93. The molecule has 0 atom stereocenters. The molecule has 0 spiro atoms. The minimum Gasteiger partial charge on any atom is -0.478 e. The third kappa shape index (κ3) is 3.70. The van der Waals surface area contributed by atoms with E-state index in [9.17, 15) is 18.0 Å². The van der Waals surface area contributed by atoms with Gasteiger partial charge in [-0.05, 0) is 34.7 Å². The van der Waals surface area contributed by atoms with Crippen molar-refractivity contribution in [1.82, 2.24) is 29.4 Å². The molecule has 2 aromatic rings. The lowest BCUT2D eigenvalue weighted by Gasteiger charge is -2.34. The largest absolute Gasteiger partial charge is 0.478 e. The van der Waals surface area contributed by atoms with Gasteiger partial charge in [0.2, 0.25) is 15.9 Å². The van der Waals surface area contributed by atoms with Crippen LogP contribution >= 0.6 is 0 Å². The van der Waals surface area contributed by atoms with Crippen LogP contribution in [0.3, 0.4) is 0 Å². The van der Waals surface area contributed by atoms with Crippen LogP contribution in [0.15, 0.2) is 35.5 Å². The van der Waals surface area contributed by atoms with Crippen molar-refractivity contribution in [3.8, 4) is 0 Å². The summed E-state index contributed by atoms with van der Waals surface area (Å²) in [6.07, 6.45) is 1.33. The van der Waals surface area contributed by atoms with Gasteiger partial charge in [0.15, 0.2) is 0 Å². The molecule has 1 amide bonds. The second-order valence-corrected chi connectivity index (χ2v) is 7.56. The fourth-order valence-corrected chi connectivity index (χ4v) is 4.01. The maximum Gasteiger partial charge on any atom is 0.335 e. The smallest absolute Gasteiger partial charge is 0.335 e. The van der Waals surface area contributed by atoms with Gasteiger partial charge in [0.25, 0.3) is 0 Å². The average molecular weight is 380 g/mol. The molecule has 11 nitrogen and oxygen atoms in total. The zero-order chi connectivity index (χ0) is 18.7. The molecule has 1 aromatic carbocycles. The number of hydrogen-bond donors (Lipinski definition) is 1. The maximum absolute atomic E-state index is 12.6. The van der Waals surface area contributed by atoms with Crippen LogP contribution < -0.4 is 0 Å². The number of piperazine rings is 1. The van der Waals surface area contributed by atoms with Gasteiger partial charge < -0.3 is 10.0 Å². The van der Waals surface area contributed by atoms with E-state index in [1.165, 1.54) is 39.6 Å². The van der Waals surface area contributed by atoms with Crippen molar-refractivity contribution in [2.75, 3.05) is 26.2 Å². The number of carboxylic acids is 1. The Labute approximate surface area is 148 Å². The predicted octanol–water partition coefficient (Wildman–Crippen LogP) is -1.10. The standard InChI is InChI=1S/C14H16N6O5S/c21-13(9-19-10-15-16-17-19)18-5-7-20(8-6-18)26(24,25)12-3-1-11(2-4-12)14(22)23/h1-4,10H,5-9H2,(H,22,23). The summed E-state index contributed by atoms with van der Waals surface area (Å²) < 4.78 is 27.9. The van der Waals surface area contributed by atoms with Crippen molar-refractivity contribution < 1.29 is 23.1 Å². The molecule has 138 valence electrons. The monoisotopic (exact) mass is 380 g/mol. The summed E-state index contributed by atoms with van der Waals surface area (Å²) in [4.78, 5) is 24.6. The van der Waals surface area contributed by atoms with Gasteiger partial charge in [-0.15, -0.1) is 5.10 Å². The first-order valence-electron chi connectivity index (χ1n) is 7.70. The molecule has 1 aliphatic rings. The van der Waals surface area contributed by atoms with E-state index in [1.54, 1.807) is 4.90 Å². The lowest BCUT2D eigenvalue weighted by Crippen LogP contribution is -2.51. The number of carbonyl (C=O) groups excluding carboxylic acids is 1. The Morgan fingerprint density at radius 3 is 2.27 bits per heavy atom. The number of hydrogen-bond acceptors (Lipinski definition) is 7. The Morgan fingerprint density at radius 2 is 1.73 bits per heavy atom. The number of rotatable bonds is 5. The second kappa shape index (κ2) is 7.17. The molecule has 0 saturated carbocycles. The summed E-state index contributed by atoms with van der Waals surface area (Å²) >= 11 is 0. The van der Waals surface area contributed by atoms with E-state index in [4.69, 9.17) is 5.11 Å². The summed E-state index contributed by atoms with van der Waals surface area (Å²) in [6.45, 7) is 0.825. The molecule has 2 heterocycles. The van der Waals surface area contributed by atoms with Crippen molar-refractivity contribution in [3.63, 3.8) is 0 Å². The zero-order valence-electron chi connectivity index (χ0n) is 13.6. The van der Waals surface area contributed by atoms with E-state index in [2.05, 4.69) is 15.5 Å². The van der Waals surface area contributed by atoms with Crippen LogP contribution in [0.2, 0.25) is 0 Å². The molecule has 1 aliphatic heterocycles. The first-order valence-corrected chi connectivity index (χ1v) is 9.14. The third-order valence-electron chi connectivity index (χ3n) is 4.02. The predicted molar refractivity (Wildman–Crippen MR) is 86.6 cm³/mol. The Hall–Kier alpha value is -2.86. The molecule has 0 unspecified atom stereocenters. The van der Waals surface area contributed by atoms with Crippen LogP contribution in [0.1, 0.15) is 10.4 Å². The Morgan fingerprint density at radius 1 is 1.08 bits per heavy atom. The molecule has 1 N–H and O–H groups in total. The molecule has 0 bridgehead atoms. The maximum atomic E-state index is 12.6. The molecule has 1 aromatic heterocycles. The fourth-order valence-electron chi connectivity index (χ4n) is 2.59. The number of carboxylic acid groups (broad SMARTS) is 1. The second-order valence-electron chi connectivity index (χ2n) is 5.62. The van der Waals surface area contributed by atoms with Gasteiger partial charge in [0.1, 0.15) is 12.9 Å². The van der Waals surface area contributed by atoms with Crippen molar-refractivity contribution in [2.24, 2.45) is 0 Å². The van der Waals surface area contributed by atoms with Gasteiger partial charge in [-0.2, -0.15) is 4.31 Å². The molecule has 26 heavy (non-hydrogen) atoms. The molecule has 1 fully saturated rings. The molecule has 0 radical (unpaired) electrons. The van der Waals surface area contributed by atoms with Crippen LogP contribution in [-0.4, -0.2) is 81.0 Å². The van der Waals surface area contributed by atoms with Gasteiger partial charge >= 0.3 is 5.97 Å². The van der Waals surface area contributed by atoms with Gasteiger partial charge in [-0.25, -0.2) is 17.9 Å². The molecular weight excluding hydrogens is 364 g/mol. The number of nitrogens with zero attached hydrogens (tertiary/aromatic N) is 6. The normalized spacial score (nSPS) is 15.8. The molecular formula is C14H16N6O5S. The lowest BCUT2D eigenvalue weighted by atomic mass is 10.2. The molecule has 0 aliphatic carbocycles. The quantitative estimate of drug-likeness (QED) is 0.690. The van der Waals surface area contributed by atoms with Gasteiger partial charge in [0, 0.05) is 26.2 Å². The minimum atomic E-state index is -3.74. The van der Waals surface area contributed by atoms with Crippen LogP contribution in [0.25, 0.3) is 0 Å². The first kappa shape index (κ1) is 17.9. The van der Waals surface area contributed by atoms with Crippen molar-refractivity contribution in [1.29, 1.82) is 0 Å². The highest BCUT2D eigenvalue weighted by molar-refractivity contribution is 7.89. The van der Waals surface area contributed by atoms with Crippen LogP contribution in [-0.2, 0) is 21.4 Å². The van der Waals surface area contributed by atoms with Crippen LogP contribution in [0.4, 0.5) is 0 Å². The minimum absolute atomic E-state index is 0.00357. The number of aromatic nitrogens is 4. The Bertz CT molecular complexity index is 888. The van der Waals surface area contributed by atoms with Crippen LogP contribution in [0, 0.1) is 0 Å². The number of sulfonamides is 1. The average Bonchev–Trinajstić information content (AvgIpc) is 3.15. The first-order chi connectivity index (χ1) is 12.4. The van der Waals surface area contributed by atoms with Gasteiger partial charge in [-0.1, -0.05) is 0 Å². The zero-order valence-corrected chi connectivity index (χ0v) is 14.4. The number of aromatic carboxylic acids is 1. The highest BCUT2D eigenvalue weighted by atomic mass is 32.2. The number of amides is 1. The van der Waals surface area contributed by atoms with E-state index in [1.807, 2.05) is 0 Å². The highest BCUT2D eigenvalue weighted by Crippen LogP contribution is 2.18. The molecule has 3 rings (SSSR count). The fraction of sp³-hybridized carbons (Fsp3) is 0.357. The van der Waals surface area contributed by atoms with E-state index in [-0.39, 0.29) is 49.1 Å². The van der Waals surface area contributed by atoms with E-state index in [0.29, 0.717) is 0 Å². The van der Waals surface area contributed by atoms with Gasteiger partial charge in [-0.3, -0.25) is 4.79 Å². The number of benzene rings is 1. The Kier molecular flexibility index (Phi) is 4.95. The lowest BCUT2D eigenvalue weighted by molar-refractivity contribution is -0.133.